The molecule has 0 unspecified atom stereocenters. The molecule has 130 valence electrons. The van der Waals surface area contributed by atoms with Crippen LogP contribution in [0.3, 0.4) is 0 Å². The Morgan fingerprint density at radius 3 is 1.28 bits per heavy atom. The third-order valence-corrected chi connectivity index (χ3v) is 3.18. The van der Waals surface area contributed by atoms with Crippen molar-refractivity contribution >= 4 is 0 Å². The normalized spacial score (nSPS) is 12.4. The summed E-state index contributed by atoms with van der Waals surface area (Å²) in [7, 11) is 0. The number of rotatable bonds is 0. The van der Waals surface area contributed by atoms with Gasteiger partial charge in [-0.05, 0) is 43.5 Å². The van der Waals surface area contributed by atoms with E-state index in [0.29, 0.717) is 11.5 Å². The van der Waals surface area contributed by atoms with E-state index in [-0.39, 0.29) is 0 Å². The van der Waals surface area contributed by atoms with Crippen LogP contribution in [0.2, 0.25) is 0 Å². The quantitative estimate of drug-likeness (QED) is 0.611. The monoisotopic (exact) mass is 334 g/mol. The van der Waals surface area contributed by atoms with Gasteiger partial charge < -0.3 is 10.2 Å². The third kappa shape index (κ3) is 11.2. The van der Waals surface area contributed by atoms with Gasteiger partial charge in [-0.3, -0.25) is 0 Å². The van der Waals surface area contributed by atoms with Crippen molar-refractivity contribution in [2.45, 2.75) is 19.8 Å². The summed E-state index contributed by atoms with van der Waals surface area (Å²) in [4.78, 5) is 0. The van der Waals surface area contributed by atoms with E-state index in [9.17, 15) is 0 Å². The Hall–Kier alpha value is -3.00. The van der Waals surface area contributed by atoms with Crippen molar-refractivity contribution in [2.75, 3.05) is 0 Å². The van der Waals surface area contributed by atoms with Crippen molar-refractivity contribution in [3.05, 3.63) is 109 Å². The zero-order chi connectivity index (χ0) is 18.2. The first-order valence-electron chi connectivity index (χ1n) is 8.32. The Balaban J connectivity index is 0.000000170. The number of hydrogen-bond donors (Lipinski definition) is 2. The molecule has 2 aromatic carbocycles. The van der Waals surface area contributed by atoms with E-state index < -0.39 is 0 Å². The van der Waals surface area contributed by atoms with Gasteiger partial charge in [-0.25, -0.2) is 0 Å². The molecule has 0 atom stereocenters. The molecule has 4 rings (SSSR count). The Morgan fingerprint density at radius 2 is 1.04 bits per heavy atom. The lowest BCUT2D eigenvalue weighted by molar-refractivity contribution is 0.471. The van der Waals surface area contributed by atoms with E-state index in [1.165, 1.54) is 0 Å². The molecular formula is C23H26O2. The molecule has 0 heterocycles. The highest BCUT2D eigenvalue weighted by atomic mass is 16.3. The van der Waals surface area contributed by atoms with Crippen LogP contribution in [0.25, 0.3) is 0 Å². The molecule has 0 saturated carbocycles. The molecule has 0 radical (unpaired) electrons. The van der Waals surface area contributed by atoms with Crippen LogP contribution in [0.15, 0.2) is 103 Å². The first kappa shape index (κ1) is 20.0. The van der Waals surface area contributed by atoms with Crippen LogP contribution in [0.4, 0.5) is 0 Å². The minimum Gasteiger partial charge on any atom is -0.508 e. The van der Waals surface area contributed by atoms with Gasteiger partial charge >= 0.3 is 0 Å². The summed E-state index contributed by atoms with van der Waals surface area (Å²) in [5, 5.41) is 17.6. The second-order valence-electron chi connectivity index (χ2n) is 5.31. The van der Waals surface area contributed by atoms with Crippen LogP contribution in [0, 0.1) is 6.92 Å². The average molecular weight is 334 g/mol. The van der Waals surface area contributed by atoms with E-state index in [2.05, 4.69) is 48.6 Å². The van der Waals surface area contributed by atoms with Gasteiger partial charge in [-0.1, -0.05) is 85.0 Å². The van der Waals surface area contributed by atoms with Crippen molar-refractivity contribution in [3.8, 4) is 11.5 Å². The maximum atomic E-state index is 8.92. The molecule has 0 aliphatic heterocycles. The second kappa shape index (κ2) is 13.4. The van der Waals surface area contributed by atoms with E-state index in [1.807, 2.05) is 31.2 Å². The van der Waals surface area contributed by atoms with Gasteiger partial charge in [0.05, 0.1) is 0 Å². The molecule has 2 N–H and O–H groups in total. The maximum absolute atomic E-state index is 8.92. The summed E-state index contributed by atoms with van der Waals surface area (Å²) in [5.41, 5.74) is 0.924. The summed E-state index contributed by atoms with van der Waals surface area (Å²) < 4.78 is 0. The van der Waals surface area contributed by atoms with Crippen molar-refractivity contribution in [1.82, 2.24) is 0 Å². The summed E-state index contributed by atoms with van der Waals surface area (Å²) in [6.07, 6.45) is 19.0. The minimum absolute atomic E-state index is 0.322. The van der Waals surface area contributed by atoms with Gasteiger partial charge in [0, 0.05) is 0 Å². The maximum Gasteiger partial charge on any atom is 0.118 e. The molecule has 0 fully saturated rings. The van der Waals surface area contributed by atoms with Crippen molar-refractivity contribution < 1.29 is 10.2 Å². The zero-order valence-electron chi connectivity index (χ0n) is 14.6. The zero-order valence-corrected chi connectivity index (χ0v) is 14.6. The van der Waals surface area contributed by atoms with Crippen molar-refractivity contribution in [1.29, 1.82) is 0 Å². The highest BCUT2D eigenvalue weighted by molar-refractivity contribution is 5.29. The number of hydrogen-bond acceptors (Lipinski definition) is 2. The number of phenols is 2. The lowest BCUT2D eigenvalue weighted by Gasteiger charge is -1.92. The molecule has 25 heavy (non-hydrogen) atoms. The van der Waals surface area contributed by atoms with Gasteiger partial charge in [-0.15, -0.1) is 0 Å². The molecule has 0 amide bonds. The average Bonchev–Trinajstić information content (AvgIpc) is 3.38. The fraction of sp³-hybridized carbons (Fsp3) is 0.130. The Labute approximate surface area is 150 Å². The molecule has 0 bridgehead atoms. The first-order valence-corrected chi connectivity index (χ1v) is 8.32. The fourth-order valence-electron chi connectivity index (χ4n) is 1.78. The molecule has 2 aliphatic rings. The van der Waals surface area contributed by atoms with Crippen LogP contribution in [-0.4, -0.2) is 10.2 Å². The highest BCUT2D eigenvalue weighted by Gasteiger charge is 1.87. The molecular weight excluding hydrogens is 308 g/mol. The van der Waals surface area contributed by atoms with Crippen LogP contribution < -0.4 is 0 Å². The lowest BCUT2D eigenvalue weighted by atomic mass is 10.2. The molecule has 2 aliphatic carbocycles. The van der Waals surface area contributed by atoms with Crippen LogP contribution in [0.1, 0.15) is 18.4 Å². The molecule has 2 heteroatoms. The van der Waals surface area contributed by atoms with Crippen molar-refractivity contribution in [2.24, 2.45) is 0 Å². The lowest BCUT2D eigenvalue weighted by Crippen LogP contribution is -1.68. The van der Waals surface area contributed by atoms with Crippen LogP contribution in [-0.2, 0) is 0 Å². The topological polar surface area (TPSA) is 40.5 Å². The number of benzene rings is 2. The fourth-order valence-corrected chi connectivity index (χ4v) is 1.78. The summed E-state index contributed by atoms with van der Waals surface area (Å²) in [6.45, 7) is 1.87. The van der Waals surface area contributed by atoms with Gasteiger partial charge in [0.25, 0.3) is 0 Å². The van der Waals surface area contributed by atoms with Gasteiger partial charge in [0.2, 0.25) is 0 Å². The van der Waals surface area contributed by atoms with Crippen molar-refractivity contribution in [3.63, 3.8) is 0 Å². The Kier molecular flexibility index (Phi) is 10.8. The molecule has 2 aromatic rings. The second-order valence-corrected chi connectivity index (χ2v) is 5.31. The predicted octanol–water partition coefficient (Wildman–Crippen LogP) is 6.10. The first-order chi connectivity index (χ1) is 12.2. The van der Waals surface area contributed by atoms with Crippen LogP contribution in [0.5, 0.6) is 11.5 Å². The van der Waals surface area contributed by atoms with Gasteiger partial charge in [-0.2, -0.15) is 0 Å². The molecule has 0 aromatic heterocycles. The van der Waals surface area contributed by atoms with Gasteiger partial charge in [0.15, 0.2) is 0 Å². The smallest absolute Gasteiger partial charge is 0.118 e. The number of allylic oxidation sites excluding steroid dienone is 8. The Morgan fingerprint density at radius 1 is 0.600 bits per heavy atom. The SMILES string of the molecule is C1=CCC=C1.C1=CCC=C1.Cc1ccccc1O.Oc1ccccc1. The summed E-state index contributed by atoms with van der Waals surface area (Å²) >= 11 is 0. The summed E-state index contributed by atoms with van der Waals surface area (Å²) in [5.74, 6) is 0.690. The van der Waals surface area contributed by atoms with E-state index in [4.69, 9.17) is 10.2 Å². The number of phenolic OH excluding ortho intramolecular Hbond substituents is 2. The number of aromatic hydroxyl groups is 2. The van der Waals surface area contributed by atoms with E-state index >= 15 is 0 Å². The minimum atomic E-state index is 0.322. The van der Waals surface area contributed by atoms with Gasteiger partial charge in [0.1, 0.15) is 11.5 Å². The van der Waals surface area contributed by atoms with E-state index in [1.54, 1.807) is 30.3 Å². The standard InChI is InChI=1S/C7H8O.C6H6O.2C5H6/c1-6-4-2-3-5-7(6)8;7-6-4-2-1-3-5-6;2*1-2-4-5-3-1/h2-5,8H,1H3;1-5,7H;2*1-4H,5H2. The number of aryl methyl sites for hydroxylation is 1. The highest BCUT2D eigenvalue weighted by Crippen LogP contribution is 2.12. The number of para-hydroxylation sites is 2. The third-order valence-electron chi connectivity index (χ3n) is 3.18. The van der Waals surface area contributed by atoms with Crippen LogP contribution >= 0.6 is 0 Å². The largest absolute Gasteiger partial charge is 0.508 e. The van der Waals surface area contributed by atoms with E-state index in [0.717, 1.165) is 18.4 Å². The predicted molar refractivity (Wildman–Crippen MR) is 107 cm³/mol. The molecule has 2 nitrogen and oxygen atoms in total. The Bertz CT molecular complexity index is 632. The molecule has 0 spiro atoms. The summed E-state index contributed by atoms with van der Waals surface area (Å²) in [6, 6.07) is 16.0. The molecule has 0 saturated heterocycles.